The minimum absolute atomic E-state index is 0.576. The highest BCUT2D eigenvalue weighted by Gasteiger charge is 2.21. The fourth-order valence-corrected chi connectivity index (χ4v) is 3.63. The first-order valence-corrected chi connectivity index (χ1v) is 7.86. The van der Waals surface area contributed by atoms with Gasteiger partial charge < -0.3 is 5.32 Å². The molecular weight excluding hydrogens is 254 g/mol. The molecule has 1 saturated heterocycles. The van der Waals surface area contributed by atoms with Crippen LogP contribution in [0, 0.1) is 0 Å². The molecule has 0 saturated carbocycles. The van der Waals surface area contributed by atoms with E-state index in [0.717, 1.165) is 5.69 Å². The van der Waals surface area contributed by atoms with E-state index in [4.69, 9.17) is 0 Å². The molecule has 2 heterocycles. The Morgan fingerprint density at radius 3 is 3.11 bits per heavy atom. The van der Waals surface area contributed by atoms with Crippen molar-refractivity contribution >= 4 is 17.4 Å². The predicted molar refractivity (Wildman–Crippen MR) is 82.1 cm³/mol. The molecule has 3 nitrogen and oxygen atoms in total. The van der Waals surface area contributed by atoms with Gasteiger partial charge in [0.1, 0.15) is 0 Å². The molecule has 4 heteroatoms. The lowest BCUT2D eigenvalue weighted by Gasteiger charge is -2.30. The van der Waals surface area contributed by atoms with E-state index in [0.29, 0.717) is 11.3 Å². The smallest absolute Gasteiger partial charge is 0.0666 e. The van der Waals surface area contributed by atoms with Crippen LogP contribution in [0.25, 0.3) is 5.69 Å². The third-order valence-electron chi connectivity index (χ3n) is 3.57. The topological polar surface area (TPSA) is 29.9 Å². The molecule has 19 heavy (non-hydrogen) atoms. The number of nitrogens with zero attached hydrogens (tertiary/aromatic N) is 2. The number of aromatic nitrogens is 2. The van der Waals surface area contributed by atoms with Gasteiger partial charge >= 0.3 is 0 Å². The molecule has 0 radical (unpaired) electrons. The van der Waals surface area contributed by atoms with Gasteiger partial charge in [0, 0.05) is 29.4 Å². The number of thioether (sulfide) groups is 1. The van der Waals surface area contributed by atoms with Crippen LogP contribution in [0.2, 0.25) is 0 Å². The molecule has 1 N–H and O–H groups in total. The number of nitrogens with one attached hydrogen (secondary N) is 1. The maximum absolute atomic E-state index is 4.27. The highest BCUT2D eigenvalue weighted by molar-refractivity contribution is 8.00. The number of anilines is 1. The molecule has 0 spiro atoms. The van der Waals surface area contributed by atoms with Crippen LogP contribution in [0.3, 0.4) is 0 Å². The van der Waals surface area contributed by atoms with E-state index in [1.165, 1.54) is 24.3 Å². The Balaban J connectivity index is 1.76. The summed E-state index contributed by atoms with van der Waals surface area (Å²) in [6.07, 6.45) is 6.35. The van der Waals surface area contributed by atoms with E-state index in [1.54, 1.807) is 6.20 Å². The maximum Gasteiger partial charge on any atom is 0.0666 e. The molecule has 2 atom stereocenters. The Labute approximate surface area is 118 Å². The molecule has 0 bridgehead atoms. The first-order chi connectivity index (χ1) is 9.33. The zero-order valence-corrected chi connectivity index (χ0v) is 11.9. The van der Waals surface area contributed by atoms with Crippen LogP contribution in [-0.2, 0) is 0 Å². The van der Waals surface area contributed by atoms with Gasteiger partial charge in [0.15, 0.2) is 0 Å². The van der Waals surface area contributed by atoms with E-state index >= 15 is 0 Å². The van der Waals surface area contributed by atoms with Crippen molar-refractivity contribution in [3.63, 3.8) is 0 Å². The van der Waals surface area contributed by atoms with Gasteiger partial charge in [-0.2, -0.15) is 16.9 Å². The third kappa shape index (κ3) is 2.95. The van der Waals surface area contributed by atoms with Crippen LogP contribution in [0.15, 0.2) is 42.7 Å². The zero-order chi connectivity index (χ0) is 13.1. The van der Waals surface area contributed by atoms with Crippen LogP contribution in [-0.4, -0.2) is 26.8 Å². The summed E-state index contributed by atoms with van der Waals surface area (Å²) in [4.78, 5) is 0. The second-order valence-electron chi connectivity index (χ2n) is 4.97. The lowest BCUT2D eigenvalue weighted by molar-refractivity contribution is 0.617. The molecule has 0 aliphatic carbocycles. The van der Waals surface area contributed by atoms with E-state index in [2.05, 4.69) is 53.4 Å². The van der Waals surface area contributed by atoms with Crippen molar-refractivity contribution in [1.29, 1.82) is 0 Å². The summed E-state index contributed by atoms with van der Waals surface area (Å²) in [5, 5.41) is 8.63. The maximum atomic E-state index is 4.27. The SMILES string of the molecule is CC1SCCCC1Nc1cccc(-n2cccn2)c1. The van der Waals surface area contributed by atoms with Gasteiger partial charge in [0.25, 0.3) is 0 Å². The summed E-state index contributed by atoms with van der Waals surface area (Å²) < 4.78 is 1.89. The Morgan fingerprint density at radius 2 is 2.32 bits per heavy atom. The van der Waals surface area contributed by atoms with Crippen LogP contribution in [0.4, 0.5) is 5.69 Å². The van der Waals surface area contributed by atoms with Gasteiger partial charge in [-0.15, -0.1) is 0 Å². The Bertz CT molecular complexity index is 524. The largest absolute Gasteiger partial charge is 0.381 e. The Kier molecular flexibility index (Phi) is 3.78. The first-order valence-electron chi connectivity index (χ1n) is 6.81. The number of benzene rings is 1. The molecule has 100 valence electrons. The molecule has 3 rings (SSSR count). The van der Waals surface area contributed by atoms with Crippen molar-refractivity contribution in [3.05, 3.63) is 42.7 Å². The highest BCUT2D eigenvalue weighted by atomic mass is 32.2. The second-order valence-corrected chi connectivity index (χ2v) is 6.46. The Morgan fingerprint density at radius 1 is 1.37 bits per heavy atom. The standard InChI is InChI=1S/C15H19N3S/c1-12-15(7-3-10-19-12)17-13-5-2-6-14(11-13)18-9-4-8-16-18/h2,4-6,8-9,11-12,15,17H,3,7,10H2,1H3. The molecule has 1 aliphatic heterocycles. The summed E-state index contributed by atoms with van der Waals surface area (Å²) in [5.41, 5.74) is 2.29. The van der Waals surface area contributed by atoms with E-state index in [9.17, 15) is 0 Å². The quantitative estimate of drug-likeness (QED) is 0.927. The molecule has 1 aliphatic rings. The van der Waals surface area contributed by atoms with Crippen molar-refractivity contribution in [1.82, 2.24) is 9.78 Å². The molecule has 1 aromatic carbocycles. The fourth-order valence-electron chi connectivity index (χ4n) is 2.49. The zero-order valence-electron chi connectivity index (χ0n) is 11.1. The van der Waals surface area contributed by atoms with Crippen molar-refractivity contribution in [2.24, 2.45) is 0 Å². The third-order valence-corrected chi connectivity index (χ3v) is 4.95. The monoisotopic (exact) mass is 273 g/mol. The minimum Gasteiger partial charge on any atom is -0.381 e. The van der Waals surface area contributed by atoms with Gasteiger partial charge in [-0.05, 0) is 42.9 Å². The van der Waals surface area contributed by atoms with Gasteiger partial charge in [0.2, 0.25) is 0 Å². The lowest BCUT2D eigenvalue weighted by atomic mass is 10.1. The van der Waals surface area contributed by atoms with Crippen LogP contribution >= 0.6 is 11.8 Å². The number of hydrogen-bond acceptors (Lipinski definition) is 3. The second kappa shape index (κ2) is 5.70. The van der Waals surface area contributed by atoms with Crippen molar-refractivity contribution < 1.29 is 0 Å². The predicted octanol–water partition coefficient (Wildman–Crippen LogP) is 3.57. The van der Waals surface area contributed by atoms with Crippen molar-refractivity contribution in [2.75, 3.05) is 11.1 Å². The van der Waals surface area contributed by atoms with Crippen LogP contribution < -0.4 is 5.32 Å². The van der Waals surface area contributed by atoms with Crippen LogP contribution in [0.1, 0.15) is 19.8 Å². The summed E-state index contributed by atoms with van der Waals surface area (Å²) in [7, 11) is 0. The summed E-state index contributed by atoms with van der Waals surface area (Å²) in [5.74, 6) is 1.30. The van der Waals surface area contributed by atoms with Gasteiger partial charge in [-0.1, -0.05) is 13.0 Å². The van der Waals surface area contributed by atoms with Crippen molar-refractivity contribution in [2.45, 2.75) is 31.1 Å². The van der Waals surface area contributed by atoms with Crippen LogP contribution in [0.5, 0.6) is 0 Å². The molecule has 2 unspecified atom stereocenters. The molecule has 2 aromatic rings. The average Bonchev–Trinajstić information content (AvgIpc) is 2.96. The minimum atomic E-state index is 0.576. The summed E-state index contributed by atoms with van der Waals surface area (Å²) >= 11 is 2.07. The normalized spacial score (nSPS) is 23.2. The number of hydrogen-bond donors (Lipinski definition) is 1. The Hall–Kier alpha value is -1.42. The van der Waals surface area contributed by atoms with E-state index in [-0.39, 0.29) is 0 Å². The lowest BCUT2D eigenvalue weighted by Crippen LogP contribution is -2.32. The molecular formula is C15H19N3S. The number of rotatable bonds is 3. The van der Waals surface area contributed by atoms with Gasteiger partial charge in [-0.3, -0.25) is 0 Å². The van der Waals surface area contributed by atoms with Gasteiger partial charge in [-0.25, -0.2) is 4.68 Å². The van der Waals surface area contributed by atoms with E-state index < -0.39 is 0 Å². The first kappa shape index (κ1) is 12.6. The van der Waals surface area contributed by atoms with E-state index in [1.807, 2.05) is 16.9 Å². The highest BCUT2D eigenvalue weighted by Crippen LogP contribution is 2.28. The summed E-state index contributed by atoms with van der Waals surface area (Å²) in [6, 6.07) is 11.0. The summed E-state index contributed by atoms with van der Waals surface area (Å²) in [6.45, 7) is 2.32. The average molecular weight is 273 g/mol. The van der Waals surface area contributed by atoms with Gasteiger partial charge in [0.05, 0.1) is 5.69 Å². The molecule has 1 aromatic heterocycles. The molecule has 1 fully saturated rings. The molecule has 0 amide bonds. The fraction of sp³-hybridized carbons (Fsp3) is 0.400. The van der Waals surface area contributed by atoms with Crippen molar-refractivity contribution in [3.8, 4) is 5.69 Å².